The maximum Gasteiger partial charge on any atom is 0.238 e. The van der Waals surface area contributed by atoms with E-state index in [0.29, 0.717) is 18.0 Å². The smallest absolute Gasteiger partial charge is 0.238 e. The fraction of sp³-hybridized carbons (Fsp3) is 0.250. The molecule has 0 aromatic heterocycles. The summed E-state index contributed by atoms with van der Waals surface area (Å²) in [5.41, 5.74) is 0.696. The Hall–Kier alpha value is -1.33. The largest absolute Gasteiger partial charge is 0.497 e. The molecular weight excluding hydrogens is 284 g/mol. The van der Waals surface area contributed by atoms with Crippen LogP contribution in [0.25, 0.3) is 0 Å². The fourth-order valence-corrected chi connectivity index (χ4v) is 1.72. The van der Waals surface area contributed by atoms with Crippen LogP contribution in [-0.4, -0.2) is 26.1 Å². The van der Waals surface area contributed by atoms with Gasteiger partial charge in [0.25, 0.3) is 0 Å². The van der Waals surface area contributed by atoms with E-state index in [1.54, 1.807) is 19.3 Å². The van der Waals surface area contributed by atoms with E-state index in [9.17, 15) is 4.79 Å². The third kappa shape index (κ3) is 5.01. The van der Waals surface area contributed by atoms with Crippen LogP contribution in [0.15, 0.2) is 35.3 Å². The lowest BCUT2D eigenvalue weighted by atomic mass is 10.3. The van der Waals surface area contributed by atoms with Crippen molar-refractivity contribution in [1.82, 2.24) is 5.32 Å². The molecule has 0 saturated carbocycles. The van der Waals surface area contributed by atoms with Gasteiger partial charge in [-0.05, 0) is 12.1 Å². The maximum atomic E-state index is 11.5. The molecule has 1 aromatic rings. The minimum absolute atomic E-state index is 0.105. The quantitative estimate of drug-likeness (QED) is 0.625. The van der Waals surface area contributed by atoms with Crippen molar-refractivity contribution in [1.29, 1.82) is 0 Å². The molecule has 0 radical (unpaired) electrons. The molecule has 0 aliphatic rings. The Morgan fingerprint density at radius 1 is 1.53 bits per heavy atom. The summed E-state index contributed by atoms with van der Waals surface area (Å²) in [6.07, 6.45) is 1.70. The highest BCUT2D eigenvalue weighted by Gasteiger charge is 2.04. The SMILES string of the molecule is C=CCNCC(=O)Nc1cc(Br)cc(OC)c1. The van der Waals surface area contributed by atoms with Crippen molar-refractivity contribution >= 4 is 27.5 Å². The first-order chi connectivity index (χ1) is 8.15. The van der Waals surface area contributed by atoms with Crippen molar-refractivity contribution in [3.05, 3.63) is 35.3 Å². The zero-order chi connectivity index (χ0) is 12.7. The number of ether oxygens (including phenoxy) is 1. The Balaban J connectivity index is 2.58. The second-order valence-corrected chi connectivity index (χ2v) is 4.26. The van der Waals surface area contributed by atoms with Crippen LogP contribution in [0, 0.1) is 0 Å². The number of hydrogen-bond acceptors (Lipinski definition) is 3. The number of rotatable bonds is 6. The third-order valence-corrected chi connectivity index (χ3v) is 2.42. The summed E-state index contributed by atoms with van der Waals surface area (Å²) < 4.78 is 5.96. The van der Waals surface area contributed by atoms with Crippen LogP contribution in [0.5, 0.6) is 5.75 Å². The molecule has 0 heterocycles. The summed E-state index contributed by atoms with van der Waals surface area (Å²) >= 11 is 3.35. The van der Waals surface area contributed by atoms with Gasteiger partial charge in [0.2, 0.25) is 5.91 Å². The van der Waals surface area contributed by atoms with Gasteiger partial charge in [0.05, 0.1) is 13.7 Å². The highest BCUT2D eigenvalue weighted by Crippen LogP contribution is 2.24. The first kappa shape index (κ1) is 13.7. The number of hydrogen-bond donors (Lipinski definition) is 2. The van der Waals surface area contributed by atoms with Crippen molar-refractivity contribution in [2.75, 3.05) is 25.5 Å². The zero-order valence-corrected chi connectivity index (χ0v) is 11.2. The van der Waals surface area contributed by atoms with Crippen LogP contribution >= 0.6 is 15.9 Å². The molecule has 1 rings (SSSR count). The van der Waals surface area contributed by atoms with Crippen molar-refractivity contribution in [3.8, 4) is 5.75 Å². The predicted molar refractivity (Wildman–Crippen MR) is 72.4 cm³/mol. The second kappa shape index (κ2) is 7.09. The highest BCUT2D eigenvalue weighted by atomic mass is 79.9. The summed E-state index contributed by atoms with van der Waals surface area (Å²) in [6, 6.07) is 5.40. The summed E-state index contributed by atoms with van der Waals surface area (Å²) in [5.74, 6) is 0.584. The van der Waals surface area contributed by atoms with Gasteiger partial charge in [-0.15, -0.1) is 6.58 Å². The van der Waals surface area contributed by atoms with Gasteiger partial charge < -0.3 is 15.4 Å². The Morgan fingerprint density at radius 2 is 2.29 bits per heavy atom. The lowest BCUT2D eigenvalue weighted by Gasteiger charge is -2.08. The number of nitrogens with one attached hydrogen (secondary N) is 2. The molecule has 0 atom stereocenters. The second-order valence-electron chi connectivity index (χ2n) is 3.35. The average Bonchev–Trinajstić information content (AvgIpc) is 2.28. The van der Waals surface area contributed by atoms with Crippen molar-refractivity contribution < 1.29 is 9.53 Å². The molecule has 4 nitrogen and oxygen atoms in total. The Kier molecular flexibility index (Phi) is 5.72. The molecule has 92 valence electrons. The van der Waals surface area contributed by atoms with Gasteiger partial charge in [0, 0.05) is 22.8 Å². The Labute approximate surface area is 109 Å². The van der Waals surface area contributed by atoms with Gasteiger partial charge in [-0.1, -0.05) is 22.0 Å². The highest BCUT2D eigenvalue weighted by molar-refractivity contribution is 9.10. The van der Waals surface area contributed by atoms with Crippen LogP contribution in [0.2, 0.25) is 0 Å². The molecule has 0 aliphatic carbocycles. The number of methoxy groups -OCH3 is 1. The van der Waals surface area contributed by atoms with Crippen LogP contribution in [-0.2, 0) is 4.79 Å². The first-order valence-electron chi connectivity index (χ1n) is 5.11. The molecule has 0 spiro atoms. The molecule has 17 heavy (non-hydrogen) atoms. The number of benzene rings is 1. The lowest BCUT2D eigenvalue weighted by Crippen LogP contribution is -2.28. The molecule has 1 amide bonds. The van der Waals surface area contributed by atoms with E-state index >= 15 is 0 Å². The molecule has 0 aliphatic heterocycles. The number of halogens is 1. The van der Waals surface area contributed by atoms with E-state index in [-0.39, 0.29) is 12.5 Å². The number of amides is 1. The van der Waals surface area contributed by atoms with E-state index in [2.05, 4.69) is 33.1 Å². The minimum Gasteiger partial charge on any atom is -0.497 e. The van der Waals surface area contributed by atoms with Gasteiger partial charge in [-0.3, -0.25) is 4.79 Å². The molecule has 5 heteroatoms. The standard InChI is InChI=1S/C12H15BrN2O2/c1-3-4-14-8-12(16)15-10-5-9(13)6-11(7-10)17-2/h3,5-7,14H,1,4,8H2,2H3,(H,15,16). The fourth-order valence-electron chi connectivity index (χ4n) is 1.25. The summed E-state index contributed by atoms with van der Waals surface area (Å²) in [6.45, 7) is 4.42. The van der Waals surface area contributed by atoms with Gasteiger partial charge in [-0.2, -0.15) is 0 Å². The number of anilines is 1. The van der Waals surface area contributed by atoms with Crippen LogP contribution in [0.4, 0.5) is 5.69 Å². The van der Waals surface area contributed by atoms with Crippen molar-refractivity contribution in [2.24, 2.45) is 0 Å². The Bertz CT molecular complexity index is 407. The van der Waals surface area contributed by atoms with Crippen molar-refractivity contribution in [3.63, 3.8) is 0 Å². The molecule has 2 N–H and O–H groups in total. The van der Waals surface area contributed by atoms with E-state index in [0.717, 1.165) is 4.47 Å². The van der Waals surface area contributed by atoms with Gasteiger partial charge in [0.15, 0.2) is 0 Å². The van der Waals surface area contributed by atoms with Crippen LogP contribution in [0.1, 0.15) is 0 Å². The normalized spacial score (nSPS) is 9.76. The number of carbonyl (C=O) groups excluding carboxylic acids is 1. The average molecular weight is 299 g/mol. The minimum atomic E-state index is -0.105. The molecule has 0 fully saturated rings. The maximum absolute atomic E-state index is 11.5. The van der Waals surface area contributed by atoms with E-state index in [1.807, 2.05) is 12.1 Å². The van der Waals surface area contributed by atoms with Crippen molar-refractivity contribution in [2.45, 2.75) is 0 Å². The zero-order valence-electron chi connectivity index (χ0n) is 9.63. The van der Waals surface area contributed by atoms with Crippen LogP contribution < -0.4 is 15.4 Å². The van der Waals surface area contributed by atoms with Gasteiger partial charge >= 0.3 is 0 Å². The summed E-state index contributed by atoms with van der Waals surface area (Å²) in [5, 5.41) is 5.70. The topological polar surface area (TPSA) is 50.4 Å². The van der Waals surface area contributed by atoms with Gasteiger partial charge in [0.1, 0.15) is 5.75 Å². The third-order valence-electron chi connectivity index (χ3n) is 1.96. The van der Waals surface area contributed by atoms with Gasteiger partial charge in [-0.25, -0.2) is 0 Å². The molecule has 0 bridgehead atoms. The summed E-state index contributed by atoms with van der Waals surface area (Å²) in [4.78, 5) is 11.5. The van der Waals surface area contributed by atoms with Crippen LogP contribution in [0.3, 0.4) is 0 Å². The Morgan fingerprint density at radius 3 is 2.94 bits per heavy atom. The van der Waals surface area contributed by atoms with E-state index < -0.39 is 0 Å². The monoisotopic (exact) mass is 298 g/mol. The molecule has 1 aromatic carbocycles. The molecular formula is C12H15BrN2O2. The first-order valence-corrected chi connectivity index (χ1v) is 5.91. The number of carbonyl (C=O) groups is 1. The molecule has 0 saturated heterocycles. The van der Waals surface area contributed by atoms with E-state index in [1.165, 1.54) is 0 Å². The van der Waals surface area contributed by atoms with E-state index in [4.69, 9.17) is 4.74 Å². The summed E-state index contributed by atoms with van der Waals surface area (Å²) in [7, 11) is 1.58. The lowest BCUT2D eigenvalue weighted by molar-refractivity contribution is -0.115. The predicted octanol–water partition coefficient (Wildman–Crippen LogP) is 2.17. The molecule has 0 unspecified atom stereocenters.